The molecule has 1 amide bonds. The van der Waals surface area contributed by atoms with Crippen molar-refractivity contribution in [2.45, 2.75) is 20.3 Å². The summed E-state index contributed by atoms with van der Waals surface area (Å²) in [6, 6.07) is 3.98. The topological polar surface area (TPSA) is 69.6 Å². The number of phenolic OH excluding ortho intramolecular Hbond substituents is 2. The van der Waals surface area contributed by atoms with E-state index < -0.39 is 0 Å². The predicted molar refractivity (Wildman–Crippen MR) is 71.2 cm³/mol. The number of hydrogen-bond acceptors (Lipinski definition) is 3. The van der Waals surface area contributed by atoms with Crippen LogP contribution in [0.2, 0.25) is 0 Å². The van der Waals surface area contributed by atoms with Gasteiger partial charge in [0.25, 0.3) is 5.91 Å². The third kappa shape index (κ3) is 4.11. The van der Waals surface area contributed by atoms with Crippen molar-refractivity contribution >= 4 is 17.5 Å². The molecule has 0 aliphatic heterocycles. The van der Waals surface area contributed by atoms with Gasteiger partial charge < -0.3 is 15.5 Å². The van der Waals surface area contributed by atoms with Crippen LogP contribution >= 0.6 is 11.6 Å². The monoisotopic (exact) mass is 271 g/mol. The van der Waals surface area contributed by atoms with E-state index in [1.54, 1.807) is 0 Å². The molecule has 0 radical (unpaired) electrons. The molecule has 0 bridgehead atoms. The number of hydrogen-bond donors (Lipinski definition) is 3. The number of carbonyl (C=O) groups is 1. The Labute approximate surface area is 112 Å². The fraction of sp³-hybridized carbons (Fsp3) is 0.462. The van der Waals surface area contributed by atoms with Crippen molar-refractivity contribution in [1.29, 1.82) is 0 Å². The van der Waals surface area contributed by atoms with Gasteiger partial charge in [-0.3, -0.25) is 4.79 Å². The highest BCUT2D eigenvalue weighted by atomic mass is 35.5. The van der Waals surface area contributed by atoms with E-state index in [1.807, 2.05) is 13.8 Å². The van der Waals surface area contributed by atoms with Crippen LogP contribution < -0.4 is 5.32 Å². The quantitative estimate of drug-likeness (QED) is 0.569. The fourth-order valence-corrected chi connectivity index (χ4v) is 1.94. The maximum Gasteiger partial charge on any atom is 0.251 e. The van der Waals surface area contributed by atoms with Crippen LogP contribution in [0.15, 0.2) is 18.2 Å². The molecule has 0 aromatic heterocycles. The summed E-state index contributed by atoms with van der Waals surface area (Å²) in [5.41, 5.74) is 0.239. The molecule has 0 saturated carbocycles. The molecule has 3 N–H and O–H groups in total. The van der Waals surface area contributed by atoms with Crippen LogP contribution in [0.25, 0.3) is 0 Å². The number of rotatable bonds is 5. The van der Waals surface area contributed by atoms with Gasteiger partial charge in [0.15, 0.2) is 11.5 Å². The minimum atomic E-state index is -0.303. The van der Waals surface area contributed by atoms with E-state index in [1.165, 1.54) is 18.2 Å². The lowest BCUT2D eigenvalue weighted by molar-refractivity contribution is 0.0935. The molecule has 0 atom stereocenters. The van der Waals surface area contributed by atoms with Gasteiger partial charge in [0.1, 0.15) is 0 Å². The van der Waals surface area contributed by atoms with Crippen molar-refractivity contribution in [3.8, 4) is 11.5 Å². The maximum absolute atomic E-state index is 11.8. The van der Waals surface area contributed by atoms with Crippen LogP contribution in [0, 0.1) is 5.41 Å². The highest BCUT2D eigenvalue weighted by molar-refractivity contribution is 6.17. The molecule has 0 heterocycles. The summed E-state index contributed by atoms with van der Waals surface area (Å²) >= 11 is 5.68. The normalized spacial score (nSPS) is 11.3. The summed E-state index contributed by atoms with van der Waals surface area (Å²) < 4.78 is 0. The second kappa shape index (κ2) is 5.96. The zero-order chi connectivity index (χ0) is 13.8. The summed E-state index contributed by atoms with van der Waals surface area (Å²) in [7, 11) is 0. The third-order valence-electron chi connectivity index (χ3n) is 2.74. The van der Waals surface area contributed by atoms with E-state index in [2.05, 4.69) is 5.32 Å². The molecule has 0 aliphatic rings. The first-order valence-corrected chi connectivity index (χ1v) is 6.25. The van der Waals surface area contributed by atoms with Gasteiger partial charge in [-0.25, -0.2) is 0 Å². The summed E-state index contributed by atoms with van der Waals surface area (Å²) in [6.45, 7) is 4.54. The number of halogens is 1. The summed E-state index contributed by atoms with van der Waals surface area (Å²) in [5.74, 6) is -0.285. The molecule has 0 fully saturated rings. The lowest BCUT2D eigenvalue weighted by Gasteiger charge is -2.23. The standard InChI is InChI=1S/C13H18ClNO3/c1-13(2,5-6-14)8-15-12(18)9-3-4-10(16)11(17)7-9/h3-4,7,16-17H,5-6,8H2,1-2H3,(H,15,18). The number of carbonyl (C=O) groups excluding carboxylic acids is 1. The van der Waals surface area contributed by atoms with E-state index >= 15 is 0 Å². The minimum Gasteiger partial charge on any atom is -0.504 e. The van der Waals surface area contributed by atoms with Gasteiger partial charge in [0.2, 0.25) is 0 Å². The van der Waals surface area contributed by atoms with Crippen molar-refractivity contribution in [2.75, 3.05) is 12.4 Å². The van der Waals surface area contributed by atoms with Crippen molar-refractivity contribution in [1.82, 2.24) is 5.32 Å². The highest BCUT2D eigenvalue weighted by Crippen LogP contribution is 2.25. The summed E-state index contributed by atoms with van der Waals surface area (Å²) in [5, 5.41) is 21.3. The van der Waals surface area contributed by atoms with Gasteiger partial charge in [-0.2, -0.15) is 0 Å². The summed E-state index contributed by atoms with van der Waals surface area (Å²) in [4.78, 5) is 11.8. The Hall–Kier alpha value is -1.42. The highest BCUT2D eigenvalue weighted by Gasteiger charge is 2.18. The third-order valence-corrected chi connectivity index (χ3v) is 2.93. The van der Waals surface area contributed by atoms with Crippen LogP contribution in [0.1, 0.15) is 30.6 Å². The van der Waals surface area contributed by atoms with Crippen LogP contribution in [-0.4, -0.2) is 28.5 Å². The first kappa shape index (κ1) is 14.6. The number of aromatic hydroxyl groups is 2. The Morgan fingerprint density at radius 3 is 2.56 bits per heavy atom. The van der Waals surface area contributed by atoms with Crippen LogP contribution in [0.3, 0.4) is 0 Å². The Balaban J connectivity index is 2.63. The van der Waals surface area contributed by atoms with Crippen LogP contribution in [0.5, 0.6) is 11.5 Å². The Kier molecular flexibility index (Phi) is 4.84. The zero-order valence-electron chi connectivity index (χ0n) is 10.5. The molecule has 5 heteroatoms. The lowest BCUT2D eigenvalue weighted by atomic mass is 9.90. The lowest BCUT2D eigenvalue weighted by Crippen LogP contribution is -2.34. The maximum atomic E-state index is 11.8. The molecule has 18 heavy (non-hydrogen) atoms. The van der Waals surface area contributed by atoms with E-state index in [0.29, 0.717) is 18.0 Å². The SMILES string of the molecule is CC(C)(CCCl)CNC(=O)c1ccc(O)c(O)c1. The number of amides is 1. The molecule has 1 aromatic rings. The smallest absolute Gasteiger partial charge is 0.251 e. The van der Waals surface area contributed by atoms with Gasteiger partial charge in [-0.05, 0) is 30.0 Å². The van der Waals surface area contributed by atoms with Crippen molar-refractivity contribution in [3.05, 3.63) is 23.8 Å². The molecule has 1 aromatic carbocycles. The van der Waals surface area contributed by atoms with Crippen LogP contribution in [-0.2, 0) is 0 Å². The molecule has 0 saturated heterocycles. The van der Waals surface area contributed by atoms with Gasteiger partial charge in [-0.1, -0.05) is 13.8 Å². The Morgan fingerprint density at radius 1 is 1.33 bits per heavy atom. The van der Waals surface area contributed by atoms with Crippen LogP contribution in [0.4, 0.5) is 0 Å². The van der Waals surface area contributed by atoms with Gasteiger partial charge >= 0.3 is 0 Å². The number of benzene rings is 1. The first-order chi connectivity index (χ1) is 8.35. The number of phenols is 2. The van der Waals surface area contributed by atoms with E-state index in [-0.39, 0.29) is 22.8 Å². The van der Waals surface area contributed by atoms with E-state index in [9.17, 15) is 9.90 Å². The zero-order valence-corrected chi connectivity index (χ0v) is 11.3. The predicted octanol–water partition coefficient (Wildman–Crippen LogP) is 2.48. The molecular weight excluding hydrogens is 254 g/mol. The minimum absolute atomic E-state index is 0.0730. The van der Waals surface area contributed by atoms with Gasteiger partial charge in [0.05, 0.1) is 0 Å². The van der Waals surface area contributed by atoms with E-state index in [4.69, 9.17) is 16.7 Å². The van der Waals surface area contributed by atoms with Gasteiger partial charge in [-0.15, -0.1) is 11.6 Å². The largest absolute Gasteiger partial charge is 0.504 e. The fourth-order valence-electron chi connectivity index (χ4n) is 1.43. The average Bonchev–Trinajstić information content (AvgIpc) is 2.30. The molecule has 0 unspecified atom stereocenters. The second-order valence-electron chi connectivity index (χ2n) is 4.99. The summed E-state index contributed by atoms with van der Waals surface area (Å²) in [6.07, 6.45) is 0.801. The Bertz CT molecular complexity index is 432. The van der Waals surface area contributed by atoms with Crippen molar-refractivity contribution in [3.63, 3.8) is 0 Å². The van der Waals surface area contributed by atoms with E-state index in [0.717, 1.165) is 6.42 Å². The molecule has 0 aliphatic carbocycles. The van der Waals surface area contributed by atoms with Crippen molar-refractivity contribution < 1.29 is 15.0 Å². The molecule has 4 nitrogen and oxygen atoms in total. The molecule has 1 rings (SSSR count). The Morgan fingerprint density at radius 2 is 2.00 bits per heavy atom. The molecular formula is C13H18ClNO3. The van der Waals surface area contributed by atoms with Crippen molar-refractivity contribution in [2.24, 2.45) is 5.41 Å². The average molecular weight is 272 g/mol. The molecule has 0 spiro atoms. The number of nitrogens with one attached hydrogen (secondary N) is 1. The number of alkyl halides is 1. The molecule has 100 valence electrons. The first-order valence-electron chi connectivity index (χ1n) is 5.72. The van der Waals surface area contributed by atoms with Gasteiger partial charge in [0, 0.05) is 18.0 Å². The second-order valence-corrected chi connectivity index (χ2v) is 5.37.